The number of carbonyl (C=O) groups excluding carboxylic acids is 1. The maximum absolute atomic E-state index is 12.5. The molecule has 0 aliphatic rings. The number of halogens is 1. The van der Waals surface area contributed by atoms with Gasteiger partial charge in [0, 0.05) is 11.6 Å². The van der Waals surface area contributed by atoms with E-state index in [1.54, 1.807) is 25.1 Å². The molecule has 1 N–H and O–H groups in total. The van der Waals surface area contributed by atoms with E-state index in [9.17, 15) is 13.2 Å². The van der Waals surface area contributed by atoms with Gasteiger partial charge in [-0.15, -0.1) is 0 Å². The van der Waals surface area contributed by atoms with Crippen molar-refractivity contribution in [1.29, 1.82) is 0 Å². The minimum atomic E-state index is -3.65. The van der Waals surface area contributed by atoms with Gasteiger partial charge in [-0.3, -0.25) is 9.10 Å². The first-order valence-corrected chi connectivity index (χ1v) is 9.99. The normalized spacial score (nSPS) is 12.5. The second kappa shape index (κ2) is 7.89. The third-order valence-electron chi connectivity index (χ3n) is 3.74. The second-order valence-electron chi connectivity index (χ2n) is 5.92. The largest absolute Gasteiger partial charge is 0.350 e. The molecule has 2 rings (SSSR count). The molecule has 2 aromatic rings. The molecule has 1 amide bonds. The molecule has 0 saturated carbocycles. The van der Waals surface area contributed by atoms with Crippen LogP contribution < -0.4 is 9.62 Å². The van der Waals surface area contributed by atoms with Crippen LogP contribution in [0.15, 0.2) is 48.5 Å². The first-order valence-electron chi connectivity index (χ1n) is 7.76. The first kappa shape index (κ1) is 19.3. The summed E-state index contributed by atoms with van der Waals surface area (Å²) in [5, 5.41) is 3.18. The van der Waals surface area contributed by atoms with Crippen molar-refractivity contribution in [1.82, 2.24) is 5.32 Å². The van der Waals surface area contributed by atoms with Crippen molar-refractivity contribution in [2.24, 2.45) is 0 Å². The van der Waals surface area contributed by atoms with E-state index in [2.05, 4.69) is 5.32 Å². The summed E-state index contributed by atoms with van der Waals surface area (Å²) in [4.78, 5) is 12.5. The molecule has 7 heteroatoms. The lowest BCUT2D eigenvalue weighted by Crippen LogP contribution is -2.47. The molecular weight excluding hydrogens is 360 g/mol. The van der Waals surface area contributed by atoms with Crippen LogP contribution in [0.1, 0.15) is 18.1 Å². The molecule has 2 aromatic carbocycles. The molecule has 5 nitrogen and oxygen atoms in total. The molecule has 0 spiro atoms. The highest BCUT2D eigenvalue weighted by Crippen LogP contribution is 2.24. The summed E-state index contributed by atoms with van der Waals surface area (Å²) in [5.74, 6) is -0.383. The molecule has 1 atom stereocenters. The summed E-state index contributed by atoms with van der Waals surface area (Å²) in [5.41, 5.74) is 2.43. The Morgan fingerprint density at radius 1 is 1.20 bits per heavy atom. The maximum Gasteiger partial charge on any atom is 0.243 e. The number of hydrogen-bond acceptors (Lipinski definition) is 3. The van der Waals surface area contributed by atoms with E-state index in [4.69, 9.17) is 11.6 Å². The molecule has 0 aliphatic heterocycles. The molecule has 0 heterocycles. The zero-order chi connectivity index (χ0) is 18.6. The number of anilines is 1. The average Bonchev–Trinajstić information content (AvgIpc) is 2.53. The lowest BCUT2D eigenvalue weighted by molar-refractivity contribution is -0.122. The highest BCUT2D eigenvalue weighted by Gasteiger charge is 2.29. The lowest BCUT2D eigenvalue weighted by atomic mass is 10.1. The van der Waals surface area contributed by atoms with Gasteiger partial charge in [-0.2, -0.15) is 0 Å². The van der Waals surface area contributed by atoms with Gasteiger partial charge in [0.05, 0.1) is 11.9 Å². The molecule has 0 saturated heterocycles. The fraction of sp³-hybridized carbons (Fsp3) is 0.278. The fourth-order valence-electron chi connectivity index (χ4n) is 2.46. The van der Waals surface area contributed by atoms with E-state index in [1.165, 1.54) is 6.07 Å². The topological polar surface area (TPSA) is 66.5 Å². The standard InChI is InChI=1S/C18H21ClN2O3S/c1-13-7-9-15(10-8-13)12-20-18(22)14(2)21(25(3,23)24)17-6-4-5-16(19)11-17/h4-11,14H,12H2,1-3H3,(H,20,22). The van der Waals surface area contributed by atoms with Gasteiger partial charge in [-0.05, 0) is 37.6 Å². The van der Waals surface area contributed by atoms with Gasteiger partial charge < -0.3 is 5.32 Å². The van der Waals surface area contributed by atoms with Gasteiger partial charge in [0.25, 0.3) is 0 Å². The van der Waals surface area contributed by atoms with Gasteiger partial charge in [-0.25, -0.2) is 8.42 Å². The molecule has 25 heavy (non-hydrogen) atoms. The summed E-state index contributed by atoms with van der Waals surface area (Å²) in [7, 11) is -3.65. The SMILES string of the molecule is Cc1ccc(CNC(=O)C(C)N(c2cccc(Cl)c2)S(C)(=O)=O)cc1. The van der Waals surface area contributed by atoms with Gasteiger partial charge in [0.1, 0.15) is 6.04 Å². The van der Waals surface area contributed by atoms with Crippen molar-refractivity contribution in [2.75, 3.05) is 10.6 Å². The zero-order valence-corrected chi connectivity index (χ0v) is 15.9. The summed E-state index contributed by atoms with van der Waals surface area (Å²) < 4.78 is 25.5. The number of hydrogen-bond donors (Lipinski definition) is 1. The van der Waals surface area contributed by atoms with E-state index in [0.717, 1.165) is 21.7 Å². The van der Waals surface area contributed by atoms with Crippen molar-refractivity contribution >= 4 is 33.2 Å². The number of rotatable bonds is 6. The Morgan fingerprint density at radius 3 is 2.40 bits per heavy atom. The number of sulfonamides is 1. The Balaban J connectivity index is 2.17. The lowest BCUT2D eigenvalue weighted by Gasteiger charge is -2.28. The molecule has 0 aliphatic carbocycles. The van der Waals surface area contributed by atoms with Crippen LogP contribution >= 0.6 is 11.6 Å². The van der Waals surface area contributed by atoms with Crippen LogP contribution in [-0.4, -0.2) is 26.6 Å². The van der Waals surface area contributed by atoms with E-state index >= 15 is 0 Å². The predicted molar refractivity (Wildman–Crippen MR) is 101 cm³/mol. The van der Waals surface area contributed by atoms with Gasteiger partial charge in [0.2, 0.25) is 15.9 Å². The summed E-state index contributed by atoms with van der Waals surface area (Å²) >= 11 is 5.96. The number of amides is 1. The van der Waals surface area contributed by atoms with E-state index in [-0.39, 0.29) is 5.91 Å². The Bertz CT molecular complexity index is 851. The quantitative estimate of drug-likeness (QED) is 0.837. The van der Waals surface area contributed by atoms with Crippen LogP contribution in [0.4, 0.5) is 5.69 Å². The minimum Gasteiger partial charge on any atom is -0.350 e. The van der Waals surface area contributed by atoms with Gasteiger partial charge in [-0.1, -0.05) is 47.5 Å². The molecule has 1 unspecified atom stereocenters. The Morgan fingerprint density at radius 2 is 1.84 bits per heavy atom. The van der Waals surface area contributed by atoms with Gasteiger partial charge in [0.15, 0.2) is 0 Å². The van der Waals surface area contributed by atoms with Crippen molar-refractivity contribution in [2.45, 2.75) is 26.4 Å². The predicted octanol–water partition coefficient (Wildman–Crippen LogP) is 3.12. The highest BCUT2D eigenvalue weighted by atomic mass is 35.5. The Kier molecular flexibility index (Phi) is 6.08. The number of aryl methyl sites for hydroxylation is 1. The number of nitrogens with one attached hydrogen (secondary N) is 1. The monoisotopic (exact) mass is 380 g/mol. The van der Waals surface area contributed by atoms with Crippen LogP contribution in [0.5, 0.6) is 0 Å². The highest BCUT2D eigenvalue weighted by molar-refractivity contribution is 7.92. The first-order chi connectivity index (χ1) is 11.7. The molecular formula is C18H21ClN2O3S. The third-order valence-corrected chi connectivity index (χ3v) is 5.22. The molecule has 0 radical (unpaired) electrons. The van der Waals surface area contributed by atoms with E-state index < -0.39 is 16.1 Å². The second-order valence-corrected chi connectivity index (χ2v) is 8.21. The van der Waals surface area contributed by atoms with E-state index in [0.29, 0.717) is 17.3 Å². The van der Waals surface area contributed by atoms with Crippen LogP contribution in [0.25, 0.3) is 0 Å². The minimum absolute atomic E-state index is 0.330. The number of carbonyl (C=O) groups is 1. The average molecular weight is 381 g/mol. The number of nitrogens with zero attached hydrogens (tertiary/aromatic N) is 1. The van der Waals surface area contributed by atoms with Crippen molar-refractivity contribution in [3.05, 3.63) is 64.7 Å². The molecule has 134 valence electrons. The van der Waals surface area contributed by atoms with Crippen LogP contribution in [0.2, 0.25) is 5.02 Å². The Hall–Kier alpha value is -2.05. The zero-order valence-electron chi connectivity index (χ0n) is 14.4. The van der Waals surface area contributed by atoms with Gasteiger partial charge >= 0.3 is 0 Å². The van der Waals surface area contributed by atoms with Crippen molar-refractivity contribution in [3.63, 3.8) is 0 Å². The smallest absolute Gasteiger partial charge is 0.243 e. The summed E-state index contributed by atoms with van der Waals surface area (Å²) in [6.07, 6.45) is 1.07. The maximum atomic E-state index is 12.5. The fourth-order valence-corrected chi connectivity index (χ4v) is 3.82. The van der Waals surface area contributed by atoms with Crippen LogP contribution in [-0.2, 0) is 21.4 Å². The summed E-state index contributed by atoms with van der Waals surface area (Å²) in [6.45, 7) is 3.86. The Labute approximate surface area is 153 Å². The molecule has 0 bridgehead atoms. The van der Waals surface area contributed by atoms with E-state index in [1.807, 2.05) is 31.2 Å². The van der Waals surface area contributed by atoms with Crippen molar-refractivity contribution < 1.29 is 13.2 Å². The third kappa shape index (κ3) is 5.21. The van der Waals surface area contributed by atoms with Crippen LogP contribution in [0.3, 0.4) is 0 Å². The summed E-state index contributed by atoms with van der Waals surface area (Å²) in [6, 6.07) is 13.3. The van der Waals surface area contributed by atoms with Crippen molar-refractivity contribution in [3.8, 4) is 0 Å². The van der Waals surface area contributed by atoms with Crippen LogP contribution in [0, 0.1) is 6.92 Å². The number of benzene rings is 2. The molecule has 0 aromatic heterocycles. The molecule has 0 fully saturated rings.